The van der Waals surface area contributed by atoms with Gasteiger partial charge >= 0.3 is 0 Å². The highest BCUT2D eigenvalue weighted by molar-refractivity contribution is 14.0. The van der Waals surface area contributed by atoms with Gasteiger partial charge in [0.2, 0.25) is 11.8 Å². The van der Waals surface area contributed by atoms with Gasteiger partial charge in [-0.2, -0.15) is 0 Å². The van der Waals surface area contributed by atoms with E-state index in [1.807, 2.05) is 23.6 Å². The summed E-state index contributed by atoms with van der Waals surface area (Å²) in [5.74, 6) is 0.903. The number of thiophene rings is 1. The summed E-state index contributed by atoms with van der Waals surface area (Å²) in [4.78, 5) is 34.1. The second-order valence-electron chi connectivity index (χ2n) is 7.43. The van der Waals surface area contributed by atoms with E-state index in [1.54, 1.807) is 18.4 Å². The molecule has 28 heavy (non-hydrogen) atoms. The Kier molecular flexibility index (Phi) is 8.54. The highest BCUT2D eigenvalue weighted by Crippen LogP contribution is 2.23. The summed E-state index contributed by atoms with van der Waals surface area (Å²) in [5, 5.41) is 8.55. The van der Waals surface area contributed by atoms with Gasteiger partial charge in [-0.05, 0) is 29.9 Å². The third-order valence-corrected chi connectivity index (χ3v) is 6.15. The van der Waals surface area contributed by atoms with Crippen LogP contribution in [0.25, 0.3) is 0 Å². The molecule has 0 aliphatic carbocycles. The lowest BCUT2D eigenvalue weighted by molar-refractivity contribution is -0.133. The quantitative estimate of drug-likeness (QED) is 0.361. The number of nitrogens with zero attached hydrogens (tertiary/aromatic N) is 3. The number of carbonyl (C=O) groups excluding carboxylic acids is 2. The molecule has 0 radical (unpaired) electrons. The molecule has 3 heterocycles. The monoisotopic (exact) mass is 519 g/mol. The fourth-order valence-corrected chi connectivity index (χ4v) is 4.45. The first-order valence-electron chi connectivity index (χ1n) is 9.57. The molecule has 1 fully saturated rings. The smallest absolute Gasteiger partial charge is 0.242 e. The molecule has 156 valence electrons. The van der Waals surface area contributed by atoms with Crippen molar-refractivity contribution in [1.29, 1.82) is 0 Å². The normalized spacial score (nSPS) is 19.3. The summed E-state index contributed by atoms with van der Waals surface area (Å²) in [6.07, 6.45) is 1.83. The first-order valence-corrected chi connectivity index (χ1v) is 10.4. The number of rotatable bonds is 4. The minimum absolute atomic E-state index is 0. The molecular weight excluding hydrogens is 489 g/mol. The molecule has 1 aromatic heterocycles. The van der Waals surface area contributed by atoms with Gasteiger partial charge in [0.15, 0.2) is 5.96 Å². The van der Waals surface area contributed by atoms with Gasteiger partial charge in [0, 0.05) is 50.1 Å². The summed E-state index contributed by atoms with van der Waals surface area (Å²) in [6.45, 7) is 6.99. The molecule has 2 aliphatic rings. The highest BCUT2D eigenvalue weighted by Gasteiger charge is 2.28. The largest absolute Gasteiger partial charge is 0.352 e. The summed E-state index contributed by atoms with van der Waals surface area (Å²) in [7, 11) is 1.70. The lowest BCUT2D eigenvalue weighted by Gasteiger charge is -2.27. The molecule has 2 N–H and O–H groups in total. The topological polar surface area (TPSA) is 77.0 Å². The van der Waals surface area contributed by atoms with Crippen molar-refractivity contribution >= 4 is 53.1 Å². The molecule has 2 aliphatic heterocycles. The Morgan fingerprint density at radius 2 is 2.11 bits per heavy atom. The molecular formula is C19H30IN5O2S. The fraction of sp³-hybridized carbons (Fsp3) is 0.632. The first kappa shape index (κ1) is 22.9. The van der Waals surface area contributed by atoms with Crippen molar-refractivity contribution in [3.05, 3.63) is 21.9 Å². The average molecular weight is 519 g/mol. The van der Waals surface area contributed by atoms with Gasteiger partial charge in [-0.15, -0.1) is 35.3 Å². The summed E-state index contributed by atoms with van der Waals surface area (Å²) >= 11 is 1.77. The number of carbonyl (C=O) groups is 2. The summed E-state index contributed by atoms with van der Waals surface area (Å²) in [6, 6.07) is 2.27. The maximum atomic E-state index is 12.5. The van der Waals surface area contributed by atoms with Crippen LogP contribution >= 0.6 is 35.3 Å². The molecule has 1 unspecified atom stereocenters. The Bertz CT molecular complexity index is 721. The van der Waals surface area contributed by atoms with E-state index >= 15 is 0 Å². The van der Waals surface area contributed by atoms with Crippen molar-refractivity contribution in [2.45, 2.75) is 39.3 Å². The molecule has 1 atom stereocenters. The van der Waals surface area contributed by atoms with Crippen LogP contribution in [0.1, 0.15) is 30.7 Å². The Hall–Kier alpha value is -1.36. The molecule has 0 spiro atoms. The Morgan fingerprint density at radius 1 is 1.32 bits per heavy atom. The Labute approximate surface area is 188 Å². The predicted octanol–water partition coefficient (Wildman–Crippen LogP) is 1.67. The number of hydrogen-bond donors (Lipinski definition) is 2. The number of aliphatic imine (C=N–C) groups is 1. The minimum atomic E-state index is 0. The van der Waals surface area contributed by atoms with Crippen LogP contribution in [-0.2, 0) is 22.6 Å². The van der Waals surface area contributed by atoms with Crippen molar-refractivity contribution < 1.29 is 9.59 Å². The van der Waals surface area contributed by atoms with Crippen molar-refractivity contribution in [3.63, 3.8) is 0 Å². The number of hydrogen-bond acceptors (Lipinski definition) is 4. The zero-order chi connectivity index (χ0) is 19.4. The second-order valence-corrected chi connectivity index (χ2v) is 8.43. The van der Waals surface area contributed by atoms with E-state index in [0.717, 1.165) is 25.9 Å². The van der Waals surface area contributed by atoms with Crippen LogP contribution in [0, 0.1) is 5.92 Å². The number of fused-ring (bicyclic) bond motifs is 1. The number of guanidine groups is 1. The lowest BCUT2D eigenvalue weighted by atomic mass is 10.1. The van der Waals surface area contributed by atoms with E-state index in [0.29, 0.717) is 19.0 Å². The number of likely N-dealkylation sites (tertiary alicyclic amines) is 1. The van der Waals surface area contributed by atoms with Gasteiger partial charge in [-0.25, -0.2) is 0 Å². The van der Waals surface area contributed by atoms with Crippen LogP contribution in [0.15, 0.2) is 16.4 Å². The maximum Gasteiger partial charge on any atom is 0.242 e. The van der Waals surface area contributed by atoms with E-state index in [-0.39, 0.29) is 54.3 Å². The highest BCUT2D eigenvalue weighted by atomic mass is 127. The minimum Gasteiger partial charge on any atom is -0.352 e. The fourth-order valence-electron chi connectivity index (χ4n) is 3.56. The van der Waals surface area contributed by atoms with Crippen molar-refractivity contribution in [1.82, 2.24) is 20.4 Å². The number of nitrogens with one attached hydrogen (secondary N) is 2. The Balaban J connectivity index is 0.00000280. The standard InChI is InChI=1S/C19H29N5O2S.HI/c1-13(2)18(26)24-7-4-15(12-24)22-19(20-3)21-10-17(25)23-8-5-16-14(11-23)6-9-27-16;/h6,9,13,15H,4-5,7-8,10-12H2,1-3H3,(H2,20,21,22);1H. The van der Waals surface area contributed by atoms with Gasteiger partial charge in [-0.3, -0.25) is 14.6 Å². The van der Waals surface area contributed by atoms with Crippen LogP contribution in [-0.4, -0.2) is 66.8 Å². The number of amides is 2. The predicted molar refractivity (Wildman–Crippen MR) is 123 cm³/mol. The van der Waals surface area contributed by atoms with Gasteiger partial charge in [0.05, 0.1) is 6.54 Å². The first-order chi connectivity index (χ1) is 13.0. The van der Waals surface area contributed by atoms with Crippen molar-refractivity contribution in [2.24, 2.45) is 10.9 Å². The molecule has 3 rings (SSSR count). The summed E-state index contributed by atoms with van der Waals surface area (Å²) in [5.41, 5.74) is 1.27. The molecule has 0 saturated carbocycles. The zero-order valence-electron chi connectivity index (χ0n) is 16.7. The third kappa shape index (κ3) is 5.59. The second kappa shape index (κ2) is 10.4. The van der Waals surface area contributed by atoms with E-state index < -0.39 is 0 Å². The maximum absolute atomic E-state index is 12.5. The van der Waals surface area contributed by atoms with Crippen LogP contribution in [0.3, 0.4) is 0 Å². The van der Waals surface area contributed by atoms with E-state index in [1.165, 1.54) is 10.4 Å². The summed E-state index contributed by atoms with van der Waals surface area (Å²) < 4.78 is 0. The molecule has 9 heteroatoms. The lowest BCUT2D eigenvalue weighted by Crippen LogP contribution is -2.49. The molecule has 1 saturated heterocycles. The van der Waals surface area contributed by atoms with Gasteiger partial charge < -0.3 is 20.4 Å². The van der Waals surface area contributed by atoms with Crippen LogP contribution in [0.4, 0.5) is 0 Å². The van der Waals surface area contributed by atoms with Crippen LogP contribution in [0.5, 0.6) is 0 Å². The third-order valence-electron chi connectivity index (χ3n) is 5.13. The van der Waals surface area contributed by atoms with Gasteiger partial charge in [0.25, 0.3) is 0 Å². The molecule has 0 aromatic carbocycles. The van der Waals surface area contributed by atoms with Crippen LogP contribution in [0.2, 0.25) is 0 Å². The van der Waals surface area contributed by atoms with Crippen LogP contribution < -0.4 is 10.6 Å². The molecule has 7 nitrogen and oxygen atoms in total. The van der Waals surface area contributed by atoms with E-state index in [4.69, 9.17) is 0 Å². The number of halogens is 1. The van der Waals surface area contributed by atoms with E-state index in [9.17, 15) is 9.59 Å². The van der Waals surface area contributed by atoms with E-state index in [2.05, 4.69) is 27.1 Å². The molecule has 1 aromatic rings. The van der Waals surface area contributed by atoms with Gasteiger partial charge in [0.1, 0.15) is 0 Å². The van der Waals surface area contributed by atoms with Gasteiger partial charge in [-0.1, -0.05) is 13.8 Å². The molecule has 0 bridgehead atoms. The zero-order valence-corrected chi connectivity index (χ0v) is 19.9. The van der Waals surface area contributed by atoms with Crippen molar-refractivity contribution in [3.8, 4) is 0 Å². The Morgan fingerprint density at radius 3 is 2.82 bits per heavy atom. The average Bonchev–Trinajstić information content (AvgIpc) is 3.32. The SMILES string of the molecule is CN=C(NCC(=O)N1CCc2sccc2C1)NC1CCN(C(=O)C(C)C)C1.I. The molecule has 2 amide bonds. The van der Waals surface area contributed by atoms with Crippen molar-refractivity contribution in [2.75, 3.05) is 33.2 Å².